The van der Waals surface area contributed by atoms with Gasteiger partial charge in [0.25, 0.3) is 0 Å². The Morgan fingerprint density at radius 2 is 2.43 bits per heavy atom. The van der Waals surface area contributed by atoms with E-state index in [-0.39, 0.29) is 0 Å². The van der Waals surface area contributed by atoms with Crippen molar-refractivity contribution in [1.29, 1.82) is 0 Å². The Labute approximate surface area is 72.7 Å². The Morgan fingerprint density at radius 1 is 1.57 bits per heavy atom. The molecule has 0 aromatic carbocycles. The van der Waals surface area contributed by atoms with Crippen LogP contribution in [0.4, 0.5) is 0 Å². The summed E-state index contributed by atoms with van der Waals surface area (Å²) in [7, 11) is 0. The molecule has 0 N–H and O–H groups in total. The molecule has 0 bridgehead atoms. The Kier molecular flexibility index (Phi) is 0.766. The number of hydrogen-bond acceptors (Lipinski definition) is 0. The summed E-state index contributed by atoms with van der Waals surface area (Å²) in [6.07, 6.45) is -14.9. The van der Waals surface area contributed by atoms with E-state index >= 15 is 0 Å². The minimum Gasteiger partial charge on any atom is -0.0928 e. The second-order valence-electron chi connectivity index (χ2n) is 0.594. The van der Waals surface area contributed by atoms with Crippen LogP contribution in [0.1, 0.15) is 50.2 Å². The van der Waals surface area contributed by atoms with E-state index in [1.54, 1.807) is 0 Å². The van der Waals surface area contributed by atoms with Crippen molar-refractivity contribution in [3.05, 3.63) is 0 Å². The van der Waals surface area contributed by atoms with Gasteiger partial charge in [-0.15, -0.1) is 0 Å². The second kappa shape index (κ2) is 6.48. The number of halogens is 1. The first-order chi connectivity index (χ1) is 8.25. The fraction of sp³-hybridized carbons (Fsp3) is 1.00. The fourth-order valence-corrected chi connectivity index (χ4v) is 0.185. The summed E-state index contributed by atoms with van der Waals surface area (Å²) in [6.45, 7) is -3.56. The highest BCUT2D eigenvalue weighted by Crippen LogP contribution is 1.99. The van der Waals surface area contributed by atoms with Crippen molar-refractivity contribution in [3.8, 4) is 0 Å². The fourth-order valence-electron chi connectivity index (χ4n) is 0.0861. The maximum absolute atomic E-state index is 7.48. The summed E-state index contributed by atoms with van der Waals surface area (Å²) in [5.41, 5.74) is 0. The summed E-state index contributed by atoms with van der Waals surface area (Å²) in [5.74, 6) is 0. The van der Waals surface area contributed by atoms with Gasteiger partial charge < -0.3 is 0 Å². The molecule has 1 heteroatoms. The van der Waals surface area contributed by atoms with Crippen LogP contribution in [0, 0.1) is 0 Å². The smallest absolute Gasteiger partial charge is 0.0387 e. The zero-order valence-corrected chi connectivity index (χ0v) is 4.96. The Morgan fingerprint density at radius 3 is 3.00 bits per heavy atom. The molecule has 0 unspecified atom stereocenters. The maximum Gasteiger partial charge on any atom is 0.0387 e. The van der Waals surface area contributed by atoms with Gasteiger partial charge in [-0.3, -0.25) is 0 Å². The molecule has 0 aliphatic heterocycles. The van der Waals surface area contributed by atoms with Gasteiger partial charge in [0.1, 0.15) is 0 Å². The average molecular weight is 178 g/mol. The summed E-state index contributed by atoms with van der Waals surface area (Å²) in [5, 5.41) is -3.04. The molecule has 0 aromatic heterocycles. The van der Waals surface area contributed by atoms with Crippen LogP contribution >= 0.6 is 15.9 Å². The third kappa shape index (κ3) is 6.48. The summed E-state index contributed by atoms with van der Waals surface area (Å²) < 4.78 is 94.5. The molecule has 0 aliphatic carbocycles. The van der Waals surface area contributed by atoms with E-state index in [4.69, 9.17) is 17.8 Å². The lowest BCUT2D eigenvalue weighted by atomic mass is 10.2. The van der Waals surface area contributed by atoms with Gasteiger partial charge in [-0.25, -0.2) is 0 Å². The van der Waals surface area contributed by atoms with Gasteiger partial charge in [-0.1, -0.05) is 41.9 Å². The van der Waals surface area contributed by atoms with Gasteiger partial charge >= 0.3 is 0 Å². The standard InChI is InChI=1S/C6H13Br/c1-2-3-4-5-6-7/h2-6H2,1H3/i1D3,2D2,3D2,4D2,5D2,6D2. The predicted octanol–water partition coefficient (Wildman–Crippen LogP) is 2.96. The van der Waals surface area contributed by atoms with Crippen molar-refractivity contribution >= 4 is 15.9 Å². The molecule has 0 atom stereocenters. The molecule has 7 heavy (non-hydrogen) atoms. The van der Waals surface area contributed by atoms with Crippen LogP contribution in [-0.4, -0.2) is 5.28 Å². The normalized spacial score (nSPS) is 49.0. The second-order valence-corrected chi connectivity index (χ2v) is 0.991. The molecule has 0 saturated carbocycles. The molecule has 0 amide bonds. The highest BCUT2D eigenvalue weighted by atomic mass is 79.9. The molecule has 44 valence electrons. The van der Waals surface area contributed by atoms with E-state index in [1.165, 1.54) is 0 Å². The van der Waals surface area contributed by atoms with Crippen LogP contribution in [-0.2, 0) is 0 Å². The highest BCUT2D eigenvalue weighted by molar-refractivity contribution is 9.09. The predicted molar refractivity (Wildman–Crippen MR) is 37.9 cm³/mol. The lowest BCUT2D eigenvalue weighted by Gasteiger charge is -1.89. The molecule has 0 rings (SSSR count). The SMILES string of the molecule is [2H]C([2H])([2H])C([2H])([2H])C([2H])([2H])C([2H])([2H])C([2H])([2H])C([2H])([2H])Br. The van der Waals surface area contributed by atoms with Crippen molar-refractivity contribution in [2.24, 2.45) is 0 Å². The monoisotopic (exact) mass is 177 g/mol. The van der Waals surface area contributed by atoms with E-state index in [2.05, 4.69) is 15.9 Å². The molecule has 0 nitrogen and oxygen atoms in total. The van der Waals surface area contributed by atoms with Crippen LogP contribution < -0.4 is 0 Å². The molecule has 0 heterocycles. The highest BCUT2D eigenvalue weighted by Gasteiger charge is 1.81. The van der Waals surface area contributed by atoms with E-state index in [0.29, 0.717) is 0 Å². The minimum absolute atomic E-state index is 2.23. The van der Waals surface area contributed by atoms with Crippen molar-refractivity contribution < 1.29 is 17.8 Å². The number of rotatable bonds is 4. The van der Waals surface area contributed by atoms with Crippen LogP contribution in [0.3, 0.4) is 0 Å². The van der Waals surface area contributed by atoms with Crippen molar-refractivity contribution in [2.45, 2.75) is 32.3 Å². The first-order valence-corrected chi connectivity index (χ1v) is 2.23. The topological polar surface area (TPSA) is 0 Å². The molecule has 0 spiro atoms. The summed E-state index contributed by atoms with van der Waals surface area (Å²) in [4.78, 5) is 0. The Bertz CT molecular complexity index is 324. The van der Waals surface area contributed by atoms with Gasteiger partial charge in [0.05, 0.1) is 0 Å². The molecule has 0 fully saturated rings. The zero-order valence-electron chi connectivity index (χ0n) is 16.4. The molecule has 0 aliphatic rings. The first kappa shape index (κ1) is 0.828. The van der Waals surface area contributed by atoms with Crippen molar-refractivity contribution in [3.63, 3.8) is 0 Å². The van der Waals surface area contributed by atoms with E-state index in [0.717, 1.165) is 0 Å². The van der Waals surface area contributed by atoms with Gasteiger partial charge in [-0.05, 0) is 6.37 Å². The van der Waals surface area contributed by atoms with Crippen molar-refractivity contribution in [2.75, 3.05) is 5.28 Å². The van der Waals surface area contributed by atoms with Crippen LogP contribution in [0.25, 0.3) is 0 Å². The van der Waals surface area contributed by atoms with Gasteiger partial charge in [0.15, 0.2) is 0 Å². The third-order valence-corrected chi connectivity index (χ3v) is 0.433. The number of alkyl halides is 1. The quantitative estimate of drug-likeness (QED) is 0.580. The molecular formula is C6H13Br. The Balaban J connectivity index is 6.08. The molecule has 0 aromatic rings. The zero-order chi connectivity index (χ0) is 17.0. The summed E-state index contributed by atoms with van der Waals surface area (Å²) in [6, 6.07) is 0. The number of hydrogen-bond donors (Lipinski definition) is 0. The van der Waals surface area contributed by atoms with E-state index in [9.17, 15) is 0 Å². The van der Waals surface area contributed by atoms with E-state index in [1.807, 2.05) is 0 Å². The summed E-state index contributed by atoms with van der Waals surface area (Å²) >= 11 is 2.23. The average Bonchev–Trinajstić information content (AvgIpc) is 2.12. The Hall–Kier alpha value is 0.480. The van der Waals surface area contributed by atoms with Crippen LogP contribution in [0.15, 0.2) is 0 Å². The third-order valence-electron chi connectivity index (χ3n) is 0.235. The molecular weight excluding hydrogens is 152 g/mol. The minimum atomic E-state index is -3.82. The molecule has 0 saturated heterocycles. The van der Waals surface area contributed by atoms with Gasteiger partial charge in [-0.2, -0.15) is 0 Å². The lowest BCUT2D eigenvalue weighted by Crippen LogP contribution is -1.73. The van der Waals surface area contributed by atoms with Crippen LogP contribution in [0.5, 0.6) is 0 Å². The molecule has 0 radical (unpaired) electrons. The van der Waals surface area contributed by atoms with E-state index < -0.39 is 37.6 Å². The van der Waals surface area contributed by atoms with Crippen molar-refractivity contribution in [1.82, 2.24) is 0 Å². The van der Waals surface area contributed by atoms with Gasteiger partial charge in [0, 0.05) is 23.1 Å². The largest absolute Gasteiger partial charge is 0.0928 e. The van der Waals surface area contributed by atoms with Crippen LogP contribution in [0.2, 0.25) is 0 Å². The lowest BCUT2D eigenvalue weighted by molar-refractivity contribution is 0.708. The first-order valence-electron chi connectivity index (χ1n) is 7.94. The van der Waals surface area contributed by atoms with Gasteiger partial charge in [0.2, 0.25) is 0 Å². The maximum atomic E-state index is 7.48.